The van der Waals surface area contributed by atoms with Gasteiger partial charge in [0.15, 0.2) is 0 Å². The van der Waals surface area contributed by atoms with Crippen LogP contribution in [0.2, 0.25) is 0 Å². The molecule has 114 valence electrons. The molecule has 0 aromatic heterocycles. The molecule has 2 fully saturated rings. The maximum Gasteiger partial charge on any atom is 0.339 e. The number of piperidine rings is 1. The van der Waals surface area contributed by atoms with Gasteiger partial charge in [0, 0.05) is 18.3 Å². The van der Waals surface area contributed by atoms with Crippen molar-refractivity contribution in [2.24, 2.45) is 5.92 Å². The van der Waals surface area contributed by atoms with Gasteiger partial charge in [0.05, 0.1) is 17.6 Å². The molecule has 3 rings (SSSR count). The molecule has 2 aliphatic rings. The second-order valence-electron chi connectivity index (χ2n) is 5.65. The Morgan fingerprint density at radius 2 is 2.14 bits per heavy atom. The van der Waals surface area contributed by atoms with Crippen LogP contribution in [0.25, 0.3) is 0 Å². The number of methoxy groups -OCH3 is 1. The highest BCUT2D eigenvalue weighted by Gasteiger charge is 2.45. The van der Waals surface area contributed by atoms with Crippen LogP contribution >= 0.6 is 0 Å². The summed E-state index contributed by atoms with van der Waals surface area (Å²) in [5.41, 5.74) is 6.05. The Balaban J connectivity index is 2.06. The van der Waals surface area contributed by atoms with E-state index in [9.17, 15) is 13.2 Å². The summed E-state index contributed by atoms with van der Waals surface area (Å²) >= 11 is 0. The van der Waals surface area contributed by atoms with Crippen LogP contribution < -0.4 is 5.73 Å². The smallest absolute Gasteiger partial charge is 0.339 e. The largest absolute Gasteiger partial charge is 0.465 e. The van der Waals surface area contributed by atoms with Crippen molar-refractivity contribution in [3.8, 4) is 0 Å². The Bertz CT molecular complexity index is 686. The number of nitrogen functional groups attached to an aromatic ring is 1. The number of hydrogen-bond acceptors (Lipinski definition) is 5. The lowest BCUT2D eigenvalue weighted by atomic mass is 10.1. The summed E-state index contributed by atoms with van der Waals surface area (Å²) in [6.45, 7) is 0.530. The number of hydrogen-bond donors (Lipinski definition) is 1. The van der Waals surface area contributed by atoms with Crippen LogP contribution in [0.3, 0.4) is 0 Å². The molecule has 2 bridgehead atoms. The number of sulfonamides is 1. The van der Waals surface area contributed by atoms with Crippen LogP contribution in [0.5, 0.6) is 0 Å². The van der Waals surface area contributed by atoms with Gasteiger partial charge in [-0.15, -0.1) is 0 Å². The van der Waals surface area contributed by atoms with E-state index in [1.807, 2.05) is 0 Å². The summed E-state index contributed by atoms with van der Waals surface area (Å²) in [4.78, 5) is 11.8. The van der Waals surface area contributed by atoms with E-state index >= 15 is 0 Å². The highest BCUT2D eigenvalue weighted by atomic mass is 32.2. The molecule has 1 heterocycles. The number of nitrogens with zero attached hydrogens (tertiary/aromatic N) is 1. The zero-order chi connectivity index (χ0) is 15.2. The van der Waals surface area contributed by atoms with Crippen molar-refractivity contribution in [3.63, 3.8) is 0 Å². The lowest BCUT2D eigenvalue weighted by molar-refractivity contribution is 0.0596. The molecule has 0 radical (unpaired) electrons. The topological polar surface area (TPSA) is 89.7 Å². The van der Waals surface area contributed by atoms with E-state index in [2.05, 4.69) is 4.74 Å². The predicted octanol–water partition coefficient (Wildman–Crippen LogP) is 1.23. The van der Waals surface area contributed by atoms with E-state index in [-0.39, 0.29) is 16.5 Å². The molecule has 1 saturated carbocycles. The normalized spacial score (nSPS) is 25.2. The monoisotopic (exact) mass is 310 g/mol. The average Bonchev–Trinajstić information content (AvgIpc) is 3.09. The maximum atomic E-state index is 12.9. The molecule has 21 heavy (non-hydrogen) atoms. The van der Waals surface area contributed by atoms with Gasteiger partial charge in [0.2, 0.25) is 10.0 Å². The van der Waals surface area contributed by atoms with Crippen molar-refractivity contribution in [2.45, 2.75) is 30.2 Å². The van der Waals surface area contributed by atoms with E-state index in [0.29, 0.717) is 18.2 Å². The lowest BCUT2D eigenvalue weighted by Gasteiger charge is -2.26. The number of anilines is 1. The third-order valence-corrected chi connectivity index (χ3v) is 6.31. The van der Waals surface area contributed by atoms with Crippen LogP contribution in [0.1, 0.15) is 29.6 Å². The molecule has 1 aromatic carbocycles. The van der Waals surface area contributed by atoms with Crippen molar-refractivity contribution < 1.29 is 17.9 Å². The minimum atomic E-state index is -3.73. The predicted molar refractivity (Wildman–Crippen MR) is 77.2 cm³/mol. The molecule has 2 N–H and O–H groups in total. The number of esters is 1. The summed E-state index contributed by atoms with van der Waals surface area (Å²) in [5.74, 6) is -0.231. The molecular formula is C14H18N2O4S. The Kier molecular flexibility index (Phi) is 3.41. The number of carbonyl (C=O) groups excluding carboxylic acids is 1. The molecule has 0 spiro atoms. The Morgan fingerprint density at radius 3 is 2.71 bits per heavy atom. The third-order valence-electron chi connectivity index (χ3n) is 4.36. The molecular weight excluding hydrogens is 292 g/mol. The molecule has 7 heteroatoms. The summed E-state index contributed by atoms with van der Waals surface area (Å²) in [6, 6.07) is 4.30. The highest BCUT2D eigenvalue weighted by molar-refractivity contribution is 7.89. The van der Waals surface area contributed by atoms with Crippen LogP contribution in [-0.2, 0) is 14.8 Å². The number of benzene rings is 1. The molecule has 6 nitrogen and oxygen atoms in total. The first-order valence-corrected chi connectivity index (χ1v) is 8.37. The van der Waals surface area contributed by atoms with Crippen LogP contribution in [0, 0.1) is 5.92 Å². The lowest BCUT2D eigenvalue weighted by Crippen LogP contribution is -2.38. The van der Waals surface area contributed by atoms with Gasteiger partial charge in [-0.3, -0.25) is 0 Å². The molecule has 1 aromatic rings. The van der Waals surface area contributed by atoms with Crippen LogP contribution in [-0.4, -0.2) is 38.4 Å². The molecule has 1 aliphatic heterocycles. The number of ether oxygens (including phenoxy) is 1. The van der Waals surface area contributed by atoms with Crippen molar-refractivity contribution in [3.05, 3.63) is 23.8 Å². The van der Waals surface area contributed by atoms with Crippen LogP contribution in [0.4, 0.5) is 5.69 Å². The van der Waals surface area contributed by atoms with Gasteiger partial charge < -0.3 is 10.5 Å². The number of rotatable bonds is 3. The number of carbonyl (C=O) groups is 1. The minimum Gasteiger partial charge on any atom is -0.465 e. The van der Waals surface area contributed by atoms with Gasteiger partial charge in [-0.1, -0.05) is 0 Å². The summed E-state index contributed by atoms with van der Waals surface area (Å²) in [6.07, 6.45) is 2.88. The second kappa shape index (κ2) is 4.99. The van der Waals surface area contributed by atoms with E-state index in [1.165, 1.54) is 29.6 Å². The Morgan fingerprint density at radius 1 is 1.38 bits per heavy atom. The minimum absolute atomic E-state index is 0.0365. The van der Waals surface area contributed by atoms with Gasteiger partial charge in [0.1, 0.15) is 0 Å². The Hall–Kier alpha value is -1.60. The molecule has 1 saturated heterocycles. The summed E-state index contributed by atoms with van der Waals surface area (Å²) < 4.78 is 32.0. The summed E-state index contributed by atoms with van der Waals surface area (Å²) in [5, 5.41) is 0. The molecule has 2 atom stereocenters. The molecule has 0 amide bonds. The maximum absolute atomic E-state index is 12.9. The fraction of sp³-hybridized carbons (Fsp3) is 0.500. The van der Waals surface area contributed by atoms with Crippen molar-refractivity contribution >= 4 is 21.7 Å². The van der Waals surface area contributed by atoms with E-state index < -0.39 is 16.0 Å². The van der Waals surface area contributed by atoms with Gasteiger partial charge in [-0.05, 0) is 43.4 Å². The highest BCUT2D eigenvalue weighted by Crippen LogP contribution is 2.41. The van der Waals surface area contributed by atoms with E-state index in [1.54, 1.807) is 0 Å². The van der Waals surface area contributed by atoms with Gasteiger partial charge >= 0.3 is 5.97 Å². The molecule has 1 aliphatic carbocycles. The van der Waals surface area contributed by atoms with Crippen LogP contribution in [0.15, 0.2) is 23.1 Å². The zero-order valence-electron chi connectivity index (χ0n) is 11.8. The van der Waals surface area contributed by atoms with Gasteiger partial charge in [-0.2, -0.15) is 4.31 Å². The standard InChI is InChI=1S/C14H18N2O4S/c1-20-14(17)12-5-3-10(15)7-13(12)21(18,19)16-8-9-2-4-11(16)6-9/h3,5,7,9,11H,2,4,6,8,15H2,1H3. The fourth-order valence-electron chi connectivity index (χ4n) is 3.33. The fourth-order valence-corrected chi connectivity index (χ4v) is 5.29. The second-order valence-corrected chi connectivity index (χ2v) is 7.51. The quantitative estimate of drug-likeness (QED) is 0.670. The van der Waals surface area contributed by atoms with Crippen molar-refractivity contribution in [1.29, 1.82) is 0 Å². The van der Waals surface area contributed by atoms with Gasteiger partial charge in [0.25, 0.3) is 0 Å². The summed E-state index contributed by atoms with van der Waals surface area (Å²) in [7, 11) is -2.50. The van der Waals surface area contributed by atoms with Crippen molar-refractivity contribution in [1.82, 2.24) is 4.31 Å². The first kappa shape index (κ1) is 14.3. The first-order chi connectivity index (χ1) is 9.93. The van der Waals surface area contributed by atoms with Crippen molar-refractivity contribution in [2.75, 3.05) is 19.4 Å². The molecule has 2 unspecified atom stereocenters. The average molecular weight is 310 g/mol. The Labute approximate surface area is 123 Å². The SMILES string of the molecule is COC(=O)c1ccc(N)cc1S(=O)(=O)N1CC2CCC1C2. The number of fused-ring (bicyclic) bond motifs is 2. The third kappa shape index (κ3) is 2.30. The van der Waals surface area contributed by atoms with Gasteiger partial charge in [-0.25, -0.2) is 13.2 Å². The number of nitrogens with two attached hydrogens (primary N) is 1. The first-order valence-electron chi connectivity index (χ1n) is 6.93. The van der Waals surface area contributed by atoms with E-state index in [4.69, 9.17) is 5.73 Å². The van der Waals surface area contributed by atoms with E-state index in [0.717, 1.165) is 19.3 Å². The zero-order valence-corrected chi connectivity index (χ0v) is 12.6.